The second-order valence-corrected chi connectivity index (χ2v) is 6.56. The van der Waals surface area contributed by atoms with Crippen molar-refractivity contribution in [2.45, 2.75) is 66.8 Å². The van der Waals surface area contributed by atoms with E-state index in [1.54, 1.807) is 0 Å². The van der Waals surface area contributed by atoms with Crippen molar-refractivity contribution in [1.82, 2.24) is 0 Å². The standard InChI is InChI=1S/C13H26O2/c1-8-9(2)15-11(10(8)14)13(6,7)12(3,4)5/h8-11,14H,1-7H3/i14T. The van der Waals surface area contributed by atoms with Crippen LogP contribution >= 0.6 is 0 Å². The first-order valence-electron chi connectivity index (χ1n) is 6.31. The Labute approximate surface area is 95.5 Å². The first kappa shape index (κ1) is 11.4. The molecule has 15 heavy (non-hydrogen) atoms. The molecule has 0 aliphatic carbocycles. The van der Waals surface area contributed by atoms with Crippen molar-refractivity contribution in [3.05, 3.63) is 0 Å². The predicted octanol–water partition coefficient (Wildman–Crippen LogP) is 2.84. The molecule has 90 valence electrons. The third-order valence-electron chi connectivity index (χ3n) is 4.56. The molecule has 0 aromatic heterocycles. The van der Waals surface area contributed by atoms with Gasteiger partial charge in [-0.25, -0.2) is 0 Å². The van der Waals surface area contributed by atoms with Gasteiger partial charge < -0.3 is 9.85 Å². The zero-order valence-corrected chi connectivity index (χ0v) is 11.1. The van der Waals surface area contributed by atoms with Gasteiger partial charge in [0.15, 0.2) is 0 Å². The van der Waals surface area contributed by atoms with Crippen LogP contribution in [0.1, 0.15) is 48.5 Å². The second-order valence-electron chi connectivity index (χ2n) is 6.56. The largest absolute Gasteiger partial charge is 0.390 e. The molecule has 1 rings (SSSR count). The Morgan fingerprint density at radius 2 is 1.67 bits per heavy atom. The summed E-state index contributed by atoms with van der Waals surface area (Å²) in [5.41, 5.74) is 0.107. The van der Waals surface area contributed by atoms with Crippen LogP contribution in [0.25, 0.3) is 0 Å². The summed E-state index contributed by atoms with van der Waals surface area (Å²) in [6, 6.07) is 0. The van der Waals surface area contributed by atoms with Crippen molar-refractivity contribution in [1.29, 1.82) is 1.43 Å². The van der Waals surface area contributed by atoms with Crippen LogP contribution < -0.4 is 0 Å². The number of rotatable bonds is 2. The minimum atomic E-state index is -0.121. The number of aliphatic hydroxyl groups is 1. The maximum absolute atomic E-state index is 7.26. The summed E-state index contributed by atoms with van der Waals surface area (Å²) in [4.78, 5) is 0. The van der Waals surface area contributed by atoms with Gasteiger partial charge in [0.1, 0.15) is 0 Å². The molecule has 1 fully saturated rings. The lowest BCUT2D eigenvalue weighted by molar-refractivity contribution is -0.0975. The second kappa shape index (κ2) is 3.74. The number of hydrogen-bond acceptors (Lipinski definition) is 2. The van der Waals surface area contributed by atoms with Gasteiger partial charge in [0.05, 0.1) is 18.3 Å². The Hall–Kier alpha value is -0.0800. The van der Waals surface area contributed by atoms with Crippen molar-refractivity contribution < 1.29 is 9.85 Å². The van der Waals surface area contributed by atoms with Crippen LogP contribution in [-0.4, -0.2) is 24.9 Å². The normalized spacial score (nSPS) is 39.3. The van der Waals surface area contributed by atoms with Crippen LogP contribution in [0.5, 0.6) is 0 Å². The van der Waals surface area contributed by atoms with E-state index < -0.39 is 0 Å². The molecule has 2 nitrogen and oxygen atoms in total. The Bertz CT molecular complexity index is 245. The molecule has 0 bridgehead atoms. The van der Waals surface area contributed by atoms with Crippen LogP contribution in [0, 0.1) is 16.7 Å². The van der Waals surface area contributed by atoms with Crippen molar-refractivity contribution in [3.8, 4) is 0 Å². The monoisotopic (exact) mass is 216 g/mol. The van der Waals surface area contributed by atoms with Crippen LogP contribution in [0.4, 0.5) is 0 Å². The van der Waals surface area contributed by atoms with E-state index in [9.17, 15) is 0 Å². The van der Waals surface area contributed by atoms with Gasteiger partial charge in [-0.3, -0.25) is 0 Å². The molecule has 4 atom stereocenters. The molecular weight excluding hydrogens is 188 g/mol. The lowest BCUT2D eigenvalue weighted by Crippen LogP contribution is -2.46. The number of aliphatic hydroxyl groups excluding tert-OH is 1. The topological polar surface area (TPSA) is 29.5 Å². The highest BCUT2D eigenvalue weighted by Gasteiger charge is 2.50. The van der Waals surface area contributed by atoms with Gasteiger partial charge in [-0.2, -0.15) is 0 Å². The van der Waals surface area contributed by atoms with Crippen molar-refractivity contribution in [3.63, 3.8) is 0 Å². The fraction of sp³-hybridized carbons (Fsp3) is 1.00. The highest BCUT2D eigenvalue weighted by Crippen LogP contribution is 2.47. The average molecular weight is 216 g/mol. The molecule has 0 spiro atoms. The van der Waals surface area contributed by atoms with Gasteiger partial charge >= 0.3 is 0 Å². The number of hydrogen-bond donors (Lipinski definition) is 1. The minimum absolute atomic E-state index is 0.00463. The van der Waals surface area contributed by atoms with E-state index in [0.717, 1.165) is 0 Å². The molecule has 0 aromatic rings. The summed E-state index contributed by atoms with van der Waals surface area (Å²) >= 11 is 0. The first-order valence-corrected chi connectivity index (χ1v) is 5.90. The SMILES string of the molecule is [3H]OC1C(C)C(C)OC1C(C)(C)C(C)(C)C. The molecule has 4 unspecified atom stereocenters. The van der Waals surface area contributed by atoms with E-state index in [0.29, 0.717) is 0 Å². The summed E-state index contributed by atoms with van der Waals surface area (Å²) < 4.78 is 13.3. The molecule has 1 aliphatic rings. The van der Waals surface area contributed by atoms with E-state index >= 15 is 0 Å². The predicted molar refractivity (Wildman–Crippen MR) is 62.7 cm³/mol. The van der Waals surface area contributed by atoms with Crippen molar-refractivity contribution in [2.24, 2.45) is 16.7 Å². The maximum Gasteiger partial charge on any atom is 0.211 e. The van der Waals surface area contributed by atoms with E-state index in [1.807, 2.05) is 0 Å². The molecule has 0 aromatic carbocycles. The highest BCUT2D eigenvalue weighted by molar-refractivity contribution is 4.99. The first-order chi connectivity index (χ1) is 7.13. The van der Waals surface area contributed by atoms with Crippen LogP contribution in [0.2, 0.25) is 0 Å². The molecular formula is C13H26O2. The Morgan fingerprint density at radius 3 is 2.07 bits per heavy atom. The Morgan fingerprint density at radius 1 is 1.13 bits per heavy atom. The maximum atomic E-state index is 7.26. The summed E-state index contributed by atoms with van der Waals surface area (Å²) in [7, 11) is 0. The minimum Gasteiger partial charge on any atom is -0.390 e. The van der Waals surface area contributed by atoms with Gasteiger partial charge in [-0.05, 0) is 17.8 Å². The lowest BCUT2D eigenvalue weighted by atomic mass is 9.64. The Balaban J connectivity index is 2.96. The van der Waals surface area contributed by atoms with Crippen molar-refractivity contribution >= 4 is 0 Å². The molecule has 1 N–H and O–H groups in total. The molecule has 0 amide bonds. The quantitative estimate of drug-likeness (QED) is 0.769. The zero-order chi connectivity index (χ0) is 12.7. The average Bonchev–Trinajstić information content (AvgIpc) is 2.42. The van der Waals surface area contributed by atoms with Crippen LogP contribution in [-0.2, 0) is 4.74 Å². The van der Waals surface area contributed by atoms with Crippen LogP contribution in [0.3, 0.4) is 0 Å². The summed E-state index contributed by atoms with van der Waals surface area (Å²) in [5.74, 6) is 0.282. The fourth-order valence-electron chi connectivity index (χ4n) is 1.98. The molecule has 0 radical (unpaired) electrons. The van der Waals surface area contributed by atoms with Gasteiger partial charge in [0, 0.05) is 5.92 Å². The van der Waals surface area contributed by atoms with Crippen molar-refractivity contribution in [2.75, 3.05) is 0 Å². The fourth-order valence-corrected chi connectivity index (χ4v) is 1.98. The summed E-state index contributed by atoms with van der Waals surface area (Å²) in [6.45, 7) is 15.2. The smallest absolute Gasteiger partial charge is 0.211 e. The van der Waals surface area contributed by atoms with Gasteiger partial charge in [0.2, 0.25) is 1.43 Å². The summed E-state index contributed by atoms with van der Waals surface area (Å²) in [6.07, 6.45) is 0.0428. The Kier molecular flexibility index (Phi) is 2.85. The molecule has 1 heterocycles. The molecule has 1 aliphatic heterocycles. The molecule has 1 saturated heterocycles. The number of ether oxygens (including phenoxy) is 1. The third kappa shape index (κ3) is 2.07. The van der Waals surface area contributed by atoms with Crippen LogP contribution in [0.15, 0.2) is 0 Å². The third-order valence-corrected chi connectivity index (χ3v) is 4.56. The van der Waals surface area contributed by atoms with Gasteiger partial charge in [0.25, 0.3) is 0 Å². The van der Waals surface area contributed by atoms with E-state index in [4.69, 9.17) is 11.3 Å². The van der Waals surface area contributed by atoms with E-state index in [-0.39, 0.29) is 35.1 Å². The zero-order valence-electron chi connectivity index (χ0n) is 12.1. The van der Waals surface area contributed by atoms with E-state index in [1.165, 1.54) is 0 Å². The summed E-state index contributed by atoms with van der Waals surface area (Å²) in [5, 5.41) is 4.91. The van der Waals surface area contributed by atoms with Gasteiger partial charge in [-0.15, -0.1) is 0 Å². The van der Waals surface area contributed by atoms with E-state index in [2.05, 4.69) is 48.5 Å². The van der Waals surface area contributed by atoms with Gasteiger partial charge in [-0.1, -0.05) is 41.5 Å². The highest BCUT2D eigenvalue weighted by atomic mass is 16.5. The molecule has 0 saturated carbocycles. The molecule has 2 heteroatoms. The lowest BCUT2D eigenvalue weighted by Gasteiger charge is -2.44.